The molecule has 0 bridgehead atoms. The van der Waals surface area contributed by atoms with E-state index in [1.54, 1.807) is 0 Å². The Morgan fingerprint density at radius 1 is 1.15 bits per heavy atom. The van der Waals surface area contributed by atoms with E-state index in [0.29, 0.717) is 12.0 Å². The molecule has 1 N–H and O–H groups in total. The van der Waals surface area contributed by atoms with Gasteiger partial charge in [-0.2, -0.15) is 0 Å². The van der Waals surface area contributed by atoms with Gasteiger partial charge in [-0.15, -0.1) is 0 Å². The van der Waals surface area contributed by atoms with Gasteiger partial charge in [-0.1, -0.05) is 6.92 Å². The first-order valence-corrected chi connectivity index (χ1v) is 5.94. The van der Waals surface area contributed by atoms with Gasteiger partial charge < -0.3 is 5.11 Å². The van der Waals surface area contributed by atoms with Gasteiger partial charge >= 0.3 is 0 Å². The molecule has 0 heterocycles. The van der Waals surface area contributed by atoms with Gasteiger partial charge in [-0.05, 0) is 61.2 Å². The van der Waals surface area contributed by atoms with Gasteiger partial charge in [0.15, 0.2) is 0 Å². The van der Waals surface area contributed by atoms with Crippen LogP contribution in [0.1, 0.15) is 39.0 Å². The molecule has 0 radical (unpaired) electrons. The maximum atomic E-state index is 9.60. The minimum absolute atomic E-state index is 0.371. The summed E-state index contributed by atoms with van der Waals surface area (Å²) >= 11 is 0. The molecule has 74 valence electrons. The Kier molecular flexibility index (Phi) is 1.59. The van der Waals surface area contributed by atoms with Gasteiger partial charge in [0.1, 0.15) is 0 Å². The Labute approximate surface area is 80.5 Å². The summed E-state index contributed by atoms with van der Waals surface area (Å²) in [6.07, 6.45) is 6.98. The molecular weight excluding hydrogens is 160 g/mol. The van der Waals surface area contributed by atoms with Crippen LogP contribution in [0.2, 0.25) is 0 Å². The minimum atomic E-state index is 0.371. The zero-order valence-corrected chi connectivity index (χ0v) is 8.50. The van der Waals surface area contributed by atoms with E-state index >= 15 is 0 Å². The van der Waals surface area contributed by atoms with Crippen LogP contribution in [0.3, 0.4) is 0 Å². The Morgan fingerprint density at radius 3 is 2.23 bits per heavy atom. The predicted octanol–water partition coefficient (Wildman–Crippen LogP) is 2.44. The van der Waals surface area contributed by atoms with Gasteiger partial charge in [0.05, 0.1) is 0 Å². The minimum Gasteiger partial charge on any atom is -0.396 e. The fourth-order valence-corrected chi connectivity index (χ4v) is 5.01. The Morgan fingerprint density at radius 2 is 1.77 bits per heavy atom. The second-order valence-corrected chi connectivity index (χ2v) is 5.45. The first-order valence-electron chi connectivity index (χ1n) is 5.94. The van der Waals surface area contributed by atoms with Crippen LogP contribution in [0.4, 0.5) is 0 Å². The van der Waals surface area contributed by atoms with E-state index < -0.39 is 0 Å². The summed E-state index contributed by atoms with van der Waals surface area (Å²) in [7, 11) is 0. The second kappa shape index (κ2) is 2.50. The standard InChI is InChI=1S/C12H20O/c1-2-12(7-13)9-5-3-8-4-6-10(12)11(8)9/h8-11,13H,2-7H2,1H3. The van der Waals surface area contributed by atoms with Crippen molar-refractivity contribution in [3.8, 4) is 0 Å². The molecule has 2 atom stereocenters. The van der Waals surface area contributed by atoms with Gasteiger partial charge in [0, 0.05) is 6.61 Å². The predicted molar refractivity (Wildman–Crippen MR) is 52.2 cm³/mol. The number of aliphatic hydroxyl groups is 1. The molecule has 13 heavy (non-hydrogen) atoms. The lowest BCUT2D eigenvalue weighted by Gasteiger charge is -2.57. The number of hydrogen-bond acceptors (Lipinski definition) is 1. The van der Waals surface area contributed by atoms with Crippen molar-refractivity contribution in [3.05, 3.63) is 0 Å². The highest BCUT2D eigenvalue weighted by Crippen LogP contribution is 2.71. The lowest BCUT2D eigenvalue weighted by Crippen LogP contribution is -2.55. The second-order valence-electron chi connectivity index (χ2n) is 5.45. The lowest BCUT2D eigenvalue weighted by atomic mass is 9.47. The van der Waals surface area contributed by atoms with Crippen molar-refractivity contribution in [1.82, 2.24) is 0 Å². The molecule has 3 aliphatic carbocycles. The largest absolute Gasteiger partial charge is 0.396 e. The van der Waals surface area contributed by atoms with E-state index in [1.807, 2.05) is 0 Å². The molecular formula is C12H20O. The van der Waals surface area contributed by atoms with Crippen molar-refractivity contribution in [2.75, 3.05) is 6.61 Å². The molecule has 0 saturated heterocycles. The maximum Gasteiger partial charge on any atom is 0.0492 e. The number of rotatable bonds is 2. The summed E-state index contributed by atoms with van der Waals surface area (Å²) in [5.41, 5.74) is 0.371. The van der Waals surface area contributed by atoms with Crippen molar-refractivity contribution in [2.24, 2.45) is 29.1 Å². The smallest absolute Gasteiger partial charge is 0.0492 e. The maximum absolute atomic E-state index is 9.60. The molecule has 0 aromatic heterocycles. The molecule has 0 spiro atoms. The third kappa shape index (κ3) is 0.743. The quantitative estimate of drug-likeness (QED) is 0.692. The molecule has 0 aromatic rings. The average molecular weight is 180 g/mol. The van der Waals surface area contributed by atoms with Crippen LogP contribution in [0.15, 0.2) is 0 Å². The summed E-state index contributed by atoms with van der Waals surface area (Å²) in [5.74, 6) is 3.90. The Bertz CT molecular complexity index is 201. The first-order chi connectivity index (χ1) is 6.33. The average Bonchev–Trinajstić information content (AvgIpc) is 2.60. The number of aliphatic hydroxyl groups excluding tert-OH is 1. The SMILES string of the molecule is CCC1(CO)C2CCC3CCC1C32. The summed E-state index contributed by atoms with van der Waals surface area (Å²) in [4.78, 5) is 0. The molecule has 3 fully saturated rings. The van der Waals surface area contributed by atoms with E-state index in [9.17, 15) is 5.11 Å². The number of hydrogen-bond donors (Lipinski definition) is 1. The fourth-order valence-electron chi connectivity index (χ4n) is 5.01. The van der Waals surface area contributed by atoms with E-state index in [4.69, 9.17) is 0 Å². The summed E-state index contributed by atoms with van der Waals surface area (Å²) in [6, 6.07) is 0. The molecule has 0 aromatic carbocycles. The van der Waals surface area contributed by atoms with Gasteiger partial charge in [0.25, 0.3) is 0 Å². The van der Waals surface area contributed by atoms with Crippen molar-refractivity contribution < 1.29 is 5.11 Å². The molecule has 3 rings (SSSR count). The van der Waals surface area contributed by atoms with Crippen LogP contribution in [0.5, 0.6) is 0 Å². The highest BCUT2D eigenvalue weighted by atomic mass is 16.3. The van der Waals surface area contributed by atoms with Crippen LogP contribution < -0.4 is 0 Å². The molecule has 3 saturated carbocycles. The van der Waals surface area contributed by atoms with Crippen LogP contribution in [0.25, 0.3) is 0 Å². The molecule has 0 amide bonds. The molecule has 1 heteroatoms. The monoisotopic (exact) mass is 180 g/mol. The zero-order valence-electron chi connectivity index (χ0n) is 8.50. The van der Waals surface area contributed by atoms with Crippen molar-refractivity contribution >= 4 is 0 Å². The summed E-state index contributed by atoms with van der Waals surface area (Å²) in [5, 5.41) is 9.60. The van der Waals surface area contributed by atoms with Crippen molar-refractivity contribution in [1.29, 1.82) is 0 Å². The van der Waals surface area contributed by atoms with Crippen LogP contribution in [-0.2, 0) is 0 Å². The highest BCUT2D eigenvalue weighted by molar-refractivity contribution is 5.14. The van der Waals surface area contributed by atoms with E-state index in [0.717, 1.165) is 23.7 Å². The molecule has 2 unspecified atom stereocenters. The Hall–Kier alpha value is -0.0400. The van der Waals surface area contributed by atoms with Gasteiger partial charge in [-0.25, -0.2) is 0 Å². The summed E-state index contributed by atoms with van der Waals surface area (Å²) in [6.45, 7) is 2.74. The van der Waals surface area contributed by atoms with Crippen LogP contribution in [-0.4, -0.2) is 11.7 Å². The molecule has 3 aliphatic rings. The van der Waals surface area contributed by atoms with Gasteiger partial charge in [-0.3, -0.25) is 0 Å². The lowest BCUT2D eigenvalue weighted by molar-refractivity contribution is -0.131. The fraction of sp³-hybridized carbons (Fsp3) is 1.00. The topological polar surface area (TPSA) is 20.2 Å². The van der Waals surface area contributed by atoms with Crippen LogP contribution in [0, 0.1) is 29.1 Å². The zero-order chi connectivity index (χ0) is 9.05. The van der Waals surface area contributed by atoms with E-state index in [-0.39, 0.29) is 0 Å². The summed E-state index contributed by atoms with van der Waals surface area (Å²) < 4.78 is 0. The molecule has 0 aliphatic heterocycles. The van der Waals surface area contributed by atoms with Crippen LogP contribution >= 0.6 is 0 Å². The van der Waals surface area contributed by atoms with Gasteiger partial charge in [0.2, 0.25) is 0 Å². The Balaban J connectivity index is 1.92. The molecule has 1 nitrogen and oxygen atoms in total. The van der Waals surface area contributed by atoms with E-state index in [2.05, 4.69) is 6.92 Å². The normalized spacial score (nSPS) is 57.7. The van der Waals surface area contributed by atoms with E-state index in [1.165, 1.54) is 32.1 Å². The first kappa shape index (κ1) is 8.28. The third-order valence-electron chi connectivity index (χ3n) is 5.60. The highest BCUT2D eigenvalue weighted by Gasteiger charge is 2.66. The van der Waals surface area contributed by atoms with Crippen molar-refractivity contribution in [2.45, 2.75) is 39.0 Å². The third-order valence-corrected chi connectivity index (χ3v) is 5.60. The van der Waals surface area contributed by atoms with Crippen molar-refractivity contribution in [3.63, 3.8) is 0 Å².